The summed E-state index contributed by atoms with van der Waals surface area (Å²) < 4.78 is 0. The summed E-state index contributed by atoms with van der Waals surface area (Å²) >= 11 is 1.49. The Morgan fingerprint density at radius 1 is 1.60 bits per heavy atom. The summed E-state index contributed by atoms with van der Waals surface area (Å²) in [5.41, 5.74) is 0. The maximum atomic E-state index is 10.5. The van der Waals surface area contributed by atoms with Crippen LogP contribution in [0, 0.1) is 5.92 Å². The zero-order valence-electron chi connectivity index (χ0n) is 6.63. The molecular weight excluding hydrogens is 148 g/mol. The molecule has 0 saturated heterocycles. The third-order valence-corrected chi connectivity index (χ3v) is 2.63. The average molecular weight is 162 g/mol. The maximum Gasteiger partial charge on any atom is 0.316 e. The Morgan fingerprint density at radius 3 is 2.20 bits per heavy atom. The highest BCUT2D eigenvalue weighted by atomic mass is 32.2. The Labute approximate surface area is 66.0 Å². The van der Waals surface area contributed by atoms with E-state index in [0.717, 1.165) is 5.75 Å². The number of hydrogen-bond donors (Lipinski definition) is 1. The van der Waals surface area contributed by atoms with Crippen molar-refractivity contribution in [2.75, 3.05) is 5.75 Å². The van der Waals surface area contributed by atoms with E-state index in [4.69, 9.17) is 5.11 Å². The highest BCUT2D eigenvalue weighted by Gasteiger charge is 2.20. The van der Waals surface area contributed by atoms with Gasteiger partial charge in [-0.05, 0) is 11.7 Å². The third kappa shape index (κ3) is 3.11. The number of aliphatic carboxylic acids is 1. The van der Waals surface area contributed by atoms with Crippen LogP contribution in [0.15, 0.2) is 0 Å². The molecule has 2 nitrogen and oxygen atoms in total. The molecule has 0 unspecified atom stereocenters. The fraction of sp³-hybridized carbons (Fsp3) is 0.857. The molecule has 0 rings (SSSR count). The van der Waals surface area contributed by atoms with Crippen molar-refractivity contribution < 1.29 is 9.90 Å². The number of carbonyl (C=O) groups is 1. The summed E-state index contributed by atoms with van der Waals surface area (Å²) in [7, 11) is 0. The topological polar surface area (TPSA) is 37.3 Å². The Hall–Kier alpha value is -0.180. The lowest BCUT2D eigenvalue weighted by Crippen LogP contribution is -2.22. The molecule has 0 aromatic heterocycles. The van der Waals surface area contributed by atoms with E-state index in [1.165, 1.54) is 11.8 Å². The zero-order chi connectivity index (χ0) is 8.15. The minimum atomic E-state index is -0.693. The molecule has 0 amide bonds. The molecule has 0 spiro atoms. The van der Waals surface area contributed by atoms with Gasteiger partial charge < -0.3 is 5.11 Å². The summed E-state index contributed by atoms with van der Waals surface area (Å²) in [5, 5.41) is 8.42. The van der Waals surface area contributed by atoms with Crippen LogP contribution in [0.5, 0.6) is 0 Å². The van der Waals surface area contributed by atoms with Gasteiger partial charge in [0.2, 0.25) is 0 Å². The second-order valence-electron chi connectivity index (χ2n) is 2.46. The van der Waals surface area contributed by atoms with E-state index in [1.807, 2.05) is 20.8 Å². The summed E-state index contributed by atoms with van der Waals surface area (Å²) in [6.07, 6.45) is 0. The lowest BCUT2D eigenvalue weighted by atomic mass is 10.1. The molecule has 10 heavy (non-hydrogen) atoms. The summed E-state index contributed by atoms with van der Waals surface area (Å²) in [4.78, 5) is 10.5. The van der Waals surface area contributed by atoms with Gasteiger partial charge in [0, 0.05) is 0 Å². The van der Waals surface area contributed by atoms with E-state index in [1.54, 1.807) is 0 Å². The molecule has 0 aliphatic rings. The van der Waals surface area contributed by atoms with E-state index >= 15 is 0 Å². The van der Waals surface area contributed by atoms with Crippen LogP contribution in [-0.4, -0.2) is 22.1 Å². The van der Waals surface area contributed by atoms with Crippen molar-refractivity contribution in [3.8, 4) is 0 Å². The van der Waals surface area contributed by atoms with E-state index in [9.17, 15) is 4.79 Å². The van der Waals surface area contributed by atoms with Gasteiger partial charge in [-0.1, -0.05) is 20.8 Å². The van der Waals surface area contributed by atoms with Gasteiger partial charge in [0.05, 0.1) is 0 Å². The van der Waals surface area contributed by atoms with Gasteiger partial charge in [0.1, 0.15) is 5.25 Å². The fourth-order valence-corrected chi connectivity index (χ4v) is 1.62. The van der Waals surface area contributed by atoms with Crippen LogP contribution in [-0.2, 0) is 4.79 Å². The largest absolute Gasteiger partial charge is 0.480 e. The Kier molecular flexibility index (Phi) is 4.52. The number of rotatable bonds is 4. The van der Waals surface area contributed by atoms with E-state index in [-0.39, 0.29) is 11.2 Å². The fourth-order valence-electron chi connectivity index (χ4n) is 0.728. The molecule has 0 aromatic rings. The molecule has 0 radical (unpaired) electrons. The molecule has 0 aromatic carbocycles. The van der Waals surface area contributed by atoms with Gasteiger partial charge in [0.25, 0.3) is 0 Å². The Morgan fingerprint density at radius 2 is 2.10 bits per heavy atom. The minimum Gasteiger partial charge on any atom is -0.480 e. The van der Waals surface area contributed by atoms with E-state index < -0.39 is 5.97 Å². The average Bonchev–Trinajstić information content (AvgIpc) is 1.81. The molecule has 0 bridgehead atoms. The molecule has 0 saturated carbocycles. The van der Waals surface area contributed by atoms with Gasteiger partial charge in [0.15, 0.2) is 0 Å². The predicted octanol–water partition coefficient (Wildman–Crippen LogP) is 1.85. The molecule has 0 aliphatic carbocycles. The Bertz CT molecular complexity index is 112. The zero-order valence-corrected chi connectivity index (χ0v) is 7.44. The highest BCUT2D eigenvalue weighted by molar-refractivity contribution is 8.00. The molecule has 3 heteroatoms. The maximum absolute atomic E-state index is 10.5. The van der Waals surface area contributed by atoms with Gasteiger partial charge in [-0.25, -0.2) is 0 Å². The monoisotopic (exact) mass is 162 g/mol. The summed E-state index contributed by atoms with van der Waals surface area (Å²) in [5.74, 6) is 0.402. The molecule has 0 heterocycles. The lowest BCUT2D eigenvalue weighted by Gasteiger charge is -2.13. The van der Waals surface area contributed by atoms with Crippen LogP contribution < -0.4 is 0 Å². The van der Waals surface area contributed by atoms with Crippen LogP contribution in [0.3, 0.4) is 0 Å². The SMILES string of the molecule is CCS[C@@H](C(=O)O)C(C)C. The van der Waals surface area contributed by atoms with Crippen molar-refractivity contribution in [2.45, 2.75) is 26.0 Å². The number of hydrogen-bond acceptors (Lipinski definition) is 2. The van der Waals surface area contributed by atoms with Crippen molar-refractivity contribution in [1.82, 2.24) is 0 Å². The van der Waals surface area contributed by atoms with Crippen LogP contribution in [0.25, 0.3) is 0 Å². The molecule has 0 fully saturated rings. The normalized spacial score (nSPS) is 13.6. The molecular formula is C7H14O2S. The van der Waals surface area contributed by atoms with Crippen molar-refractivity contribution in [3.63, 3.8) is 0 Å². The first-order valence-electron chi connectivity index (χ1n) is 3.44. The van der Waals surface area contributed by atoms with Crippen LogP contribution in [0.2, 0.25) is 0 Å². The summed E-state index contributed by atoms with van der Waals surface area (Å²) in [6.45, 7) is 5.84. The second kappa shape index (κ2) is 4.61. The number of thioether (sulfide) groups is 1. The first-order valence-corrected chi connectivity index (χ1v) is 4.48. The van der Waals surface area contributed by atoms with Crippen molar-refractivity contribution in [1.29, 1.82) is 0 Å². The van der Waals surface area contributed by atoms with Crippen molar-refractivity contribution in [2.24, 2.45) is 5.92 Å². The highest BCUT2D eigenvalue weighted by Crippen LogP contribution is 2.18. The van der Waals surface area contributed by atoms with E-state index in [0.29, 0.717) is 0 Å². The molecule has 1 N–H and O–H groups in total. The van der Waals surface area contributed by atoms with Crippen LogP contribution >= 0.6 is 11.8 Å². The lowest BCUT2D eigenvalue weighted by molar-refractivity contribution is -0.137. The van der Waals surface area contributed by atoms with Crippen molar-refractivity contribution in [3.05, 3.63) is 0 Å². The number of carboxylic acids is 1. The first kappa shape index (κ1) is 9.82. The predicted molar refractivity (Wildman–Crippen MR) is 44.4 cm³/mol. The van der Waals surface area contributed by atoms with Crippen molar-refractivity contribution >= 4 is 17.7 Å². The third-order valence-electron chi connectivity index (χ3n) is 1.20. The van der Waals surface area contributed by atoms with Gasteiger partial charge in [-0.2, -0.15) is 0 Å². The molecule has 60 valence electrons. The molecule has 0 aliphatic heterocycles. The van der Waals surface area contributed by atoms with Gasteiger partial charge >= 0.3 is 5.97 Å². The molecule has 1 atom stereocenters. The smallest absolute Gasteiger partial charge is 0.316 e. The second-order valence-corrected chi connectivity index (χ2v) is 3.88. The van der Waals surface area contributed by atoms with E-state index in [2.05, 4.69) is 0 Å². The number of carboxylic acid groups (broad SMARTS) is 1. The first-order chi connectivity index (χ1) is 4.59. The minimum absolute atomic E-state index is 0.224. The van der Waals surface area contributed by atoms with Crippen LogP contribution in [0.1, 0.15) is 20.8 Å². The standard InChI is InChI=1S/C7H14O2S/c1-4-10-6(5(2)3)7(8)9/h5-6H,4H2,1-3H3,(H,8,9)/t6-/m1/s1. The summed E-state index contributed by atoms with van der Waals surface area (Å²) in [6, 6.07) is 0. The van der Waals surface area contributed by atoms with Gasteiger partial charge in [-0.3, -0.25) is 4.79 Å². The Balaban J connectivity index is 3.85. The van der Waals surface area contributed by atoms with Crippen LogP contribution in [0.4, 0.5) is 0 Å². The van der Waals surface area contributed by atoms with Gasteiger partial charge in [-0.15, -0.1) is 11.8 Å². The quantitative estimate of drug-likeness (QED) is 0.685.